The molecule has 0 saturated heterocycles. The molecule has 7 heteroatoms. The Bertz CT molecular complexity index is 1100. The number of amides is 1. The summed E-state index contributed by atoms with van der Waals surface area (Å²) in [5, 5.41) is 2.99. The van der Waals surface area contributed by atoms with Crippen LogP contribution in [0.15, 0.2) is 34.8 Å². The molecule has 1 unspecified atom stereocenters. The van der Waals surface area contributed by atoms with Crippen LogP contribution in [0, 0.1) is 11.3 Å². The van der Waals surface area contributed by atoms with Crippen molar-refractivity contribution in [1.82, 2.24) is 9.88 Å². The van der Waals surface area contributed by atoms with Gasteiger partial charge in [-0.1, -0.05) is 31.0 Å². The summed E-state index contributed by atoms with van der Waals surface area (Å²) in [5.74, 6) is 1.32. The Balaban J connectivity index is 1.37. The number of fused-ring (bicyclic) bond motifs is 3. The Labute approximate surface area is 205 Å². The van der Waals surface area contributed by atoms with E-state index in [0.29, 0.717) is 18.9 Å². The molecular weight excluding hydrogens is 444 g/mol. The minimum atomic E-state index is -0.899. The standard InChI is InChI=1S/C27H34N4O2S/c1-33-21-8-11-26(12-9-21)17-20-7-6-19(5-4-18-2-3-18)16-22(20)27(26)24(32)31(25(28)30-27)14-10-23-29-13-15-34-23/h6-7,13,15-16,18,21H,2-5,8-12,14,17H2,1H3,(H2,28,30). The van der Waals surface area contributed by atoms with Gasteiger partial charge < -0.3 is 10.5 Å². The third-order valence-corrected chi connectivity index (χ3v) is 9.61. The van der Waals surface area contributed by atoms with E-state index in [4.69, 9.17) is 15.5 Å². The number of ether oxygens (including phenoxy) is 1. The van der Waals surface area contributed by atoms with Crippen molar-refractivity contribution in [3.8, 4) is 0 Å². The number of guanidine groups is 1. The number of methoxy groups -OCH3 is 1. The van der Waals surface area contributed by atoms with Crippen LogP contribution in [0.1, 0.15) is 66.6 Å². The fourth-order valence-corrected chi connectivity index (χ4v) is 7.25. The molecule has 1 amide bonds. The van der Waals surface area contributed by atoms with Gasteiger partial charge in [0.05, 0.1) is 11.1 Å². The highest BCUT2D eigenvalue weighted by atomic mass is 32.1. The molecular formula is C27H34N4O2S. The van der Waals surface area contributed by atoms with Gasteiger partial charge in [-0.05, 0) is 67.6 Å². The Morgan fingerprint density at radius 1 is 1.21 bits per heavy atom. The van der Waals surface area contributed by atoms with E-state index < -0.39 is 5.54 Å². The molecule has 1 aromatic carbocycles. The molecule has 1 aromatic heterocycles. The molecule has 3 aliphatic carbocycles. The molecule has 6 nitrogen and oxygen atoms in total. The van der Waals surface area contributed by atoms with Gasteiger partial charge in [0, 0.05) is 37.1 Å². The third-order valence-electron chi connectivity index (χ3n) is 8.77. The summed E-state index contributed by atoms with van der Waals surface area (Å²) in [6.07, 6.45) is 12.5. The zero-order chi connectivity index (χ0) is 23.3. The lowest BCUT2D eigenvalue weighted by molar-refractivity contribution is -0.138. The maximum Gasteiger partial charge on any atom is 0.262 e. The Hall–Kier alpha value is -2.25. The monoisotopic (exact) mass is 478 g/mol. The molecule has 2 spiro atoms. The number of carbonyl (C=O) groups is 1. The smallest absolute Gasteiger partial charge is 0.262 e. The predicted octanol–water partition coefficient (Wildman–Crippen LogP) is 4.21. The second kappa shape index (κ2) is 8.45. The number of nitrogens with zero attached hydrogens (tertiary/aromatic N) is 3. The van der Waals surface area contributed by atoms with Crippen molar-refractivity contribution in [2.45, 2.75) is 75.9 Å². The summed E-state index contributed by atoms with van der Waals surface area (Å²) in [5.41, 5.74) is 9.11. The fourth-order valence-electron chi connectivity index (χ4n) is 6.64. The second-order valence-corrected chi connectivity index (χ2v) is 11.7. The van der Waals surface area contributed by atoms with Gasteiger partial charge >= 0.3 is 0 Å². The van der Waals surface area contributed by atoms with Gasteiger partial charge in [0.1, 0.15) is 0 Å². The quantitative estimate of drug-likeness (QED) is 0.646. The van der Waals surface area contributed by atoms with Gasteiger partial charge in [-0.15, -0.1) is 11.3 Å². The van der Waals surface area contributed by atoms with Crippen molar-refractivity contribution in [3.63, 3.8) is 0 Å². The molecule has 2 N–H and O–H groups in total. The maximum absolute atomic E-state index is 14.4. The van der Waals surface area contributed by atoms with Gasteiger partial charge in [-0.2, -0.15) is 0 Å². The molecule has 34 heavy (non-hydrogen) atoms. The number of aromatic nitrogens is 1. The highest BCUT2D eigenvalue weighted by Crippen LogP contribution is 2.62. The average Bonchev–Trinajstić information content (AvgIpc) is 3.37. The lowest BCUT2D eigenvalue weighted by atomic mass is 9.61. The first-order valence-electron chi connectivity index (χ1n) is 12.8. The average molecular weight is 479 g/mol. The molecule has 0 bridgehead atoms. The van der Waals surface area contributed by atoms with E-state index in [1.165, 1.54) is 30.4 Å². The van der Waals surface area contributed by atoms with Crippen LogP contribution >= 0.6 is 11.3 Å². The van der Waals surface area contributed by atoms with Crippen molar-refractivity contribution >= 4 is 23.2 Å². The Morgan fingerprint density at radius 2 is 2.03 bits per heavy atom. The first-order valence-corrected chi connectivity index (χ1v) is 13.6. The van der Waals surface area contributed by atoms with Gasteiger partial charge in [0.2, 0.25) is 0 Å². The number of aryl methyl sites for hydroxylation is 1. The number of carbonyl (C=O) groups excluding carboxylic acids is 1. The van der Waals surface area contributed by atoms with Crippen molar-refractivity contribution < 1.29 is 9.53 Å². The Morgan fingerprint density at radius 3 is 2.74 bits per heavy atom. The lowest BCUT2D eigenvalue weighted by Gasteiger charge is -2.45. The lowest BCUT2D eigenvalue weighted by Crippen LogP contribution is -2.52. The highest BCUT2D eigenvalue weighted by Gasteiger charge is 2.66. The highest BCUT2D eigenvalue weighted by molar-refractivity contribution is 7.09. The van der Waals surface area contributed by atoms with Crippen LogP contribution in [0.2, 0.25) is 0 Å². The van der Waals surface area contributed by atoms with Gasteiger partial charge in [0.25, 0.3) is 5.91 Å². The topological polar surface area (TPSA) is 80.8 Å². The minimum Gasteiger partial charge on any atom is -0.381 e. The van der Waals surface area contributed by atoms with Crippen LogP contribution in [0.25, 0.3) is 0 Å². The summed E-state index contributed by atoms with van der Waals surface area (Å²) in [4.78, 5) is 25.6. The second-order valence-electron chi connectivity index (χ2n) is 10.7. The number of hydrogen-bond donors (Lipinski definition) is 1. The summed E-state index contributed by atoms with van der Waals surface area (Å²) < 4.78 is 5.69. The van der Waals surface area contributed by atoms with Crippen LogP contribution in [-0.4, -0.2) is 41.5 Å². The van der Waals surface area contributed by atoms with Crippen LogP contribution in [0.3, 0.4) is 0 Å². The van der Waals surface area contributed by atoms with Crippen LogP contribution in [0.5, 0.6) is 0 Å². The van der Waals surface area contributed by atoms with E-state index in [1.807, 2.05) is 11.6 Å². The minimum absolute atomic E-state index is 0.0653. The number of rotatable bonds is 7. The molecule has 180 valence electrons. The number of hydrogen-bond acceptors (Lipinski definition) is 6. The molecule has 2 fully saturated rings. The van der Waals surface area contributed by atoms with Gasteiger partial charge in [-0.25, -0.2) is 9.98 Å². The van der Waals surface area contributed by atoms with E-state index in [9.17, 15) is 4.79 Å². The van der Waals surface area contributed by atoms with Gasteiger partial charge in [0.15, 0.2) is 11.5 Å². The molecule has 2 heterocycles. The van der Waals surface area contributed by atoms with E-state index >= 15 is 0 Å². The predicted molar refractivity (Wildman–Crippen MR) is 134 cm³/mol. The Kier molecular flexibility index (Phi) is 5.52. The number of thiazole rings is 1. The fraction of sp³-hybridized carbons (Fsp3) is 0.593. The molecule has 1 aliphatic heterocycles. The molecule has 0 radical (unpaired) electrons. The SMILES string of the molecule is COC1CCC2(CC1)Cc1ccc(CCC3CC3)cc1C21N=C(N)N(CCc2nccs2)C1=O. The summed E-state index contributed by atoms with van der Waals surface area (Å²) >= 11 is 1.62. The van der Waals surface area contributed by atoms with E-state index in [0.717, 1.165) is 55.0 Å². The largest absolute Gasteiger partial charge is 0.381 e. The molecule has 6 rings (SSSR count). The van der Waals surface area contributed by atoms with Crippen molar-refractivity contribution in [2.75, 3.05) is 13.7 Å². The van der Waals surface area contributed by atoms with Crippen molar-refractivity contribution in [1.29, 1.82) is 0 Å². The van der Waals surface area contributed by atoms with Crippen molar-refractivity contribution in [2.24, 2.45) is 22.1 Å². The summed E-state index contributed by atoms with van der Waals surface area (Å²) in [6.45, 7) is 0.525. The molecule has 4 aliphatic rings. The van der Waals surface area contributed by atoms with Crippen molar-refractivity contribution in [3.05, 3.63) is 51.5 Å². The third kappa shape index (κ3) is 3.51. The summed E-state index contributed by atoms with van der Waals surface area (Å²) in [6, 6.07) is 6.85. The molecule has 2 saturated carbocycles. The van der Waals surface area contributed by atoms with Crippen LogP contribution in [-0.2, 0) is 34.3 Å². The number of benzene rings is 1. The zero-order valence-corrected chi connectivity index (χ0v) is 20.8. The van der Waals surface area contributed by atoms with E-state index in [2.05, 4.69) is 23.2 Å². The van der Waals surface area contributed by atoms with Gasteiger partial charge in [-0.3, -0.25) is 9.69 Å². The first kappa shape index (κ1) is 22.2. The number of aliphatic imine (C=N–C) groups is 1. The van der Waals surface area contributed by atoms with Crippen LogP contribution < -0.4 is 5.73 Å². The normalized spacial score (nSPS) is 30.4. The summed E-state index contributed by atoms with van der Waals surface area (Å²) in [7, 11) is 1.80. The zero-order valence-electron chi connectivity index (χ0n) is 20.0. The first-order chi connectivity index (χ1) is 16.5. The van der Waals surface area contributed by atoms with E-state index in [1.54, 1.807) is 23.3 Å². The maximum atomic E-state index is 14.4. The molecule has 1 atom stereocenters. The van der Waals surface area contributed by atoms with Crippen LogP contribution in [0.4, 0.5) is 0 Å². The van der Waals surface area contributed by atoms with E-state index in [-0.39, 0.29) is 17.4 Å². The number of nitrogens with two attached hydrogens (primary N) is 1. The molecule has 2 aromatic rings.